The second-order valence-corrected chi connectivity index (χ2v) is 10.3. The quantitative estimate of drug-likeness (QED) is 0.788. The Morgan fingerprint density at radius 1 is 1.35 bits per heavy atom. The van der Waals surface area contributed by atoms with Gasteiger partial charge >= 0.3 is 0 Å². The molecule has 0 radical (unpaired) electrons. The molecule has 0 saturated carbocycles. The fourth-order valence-corrected chi connectivity index (χ4v) is 5.47. The standard InChI is InChI=1S/C18H23N3O3S2/c1-12-4-6-14(7-5-12)16-10-19-18(21(16)3)25-13(2)17(22)20-15-8-9-26(23,24)11-15/h4-7,10,13,15H,8-9,11H2,1-3H3,(H,20,22). The van der Waals surface area contributed by atoms with Crippen molar-refractivity contribution in [3.63, 3.8) is 0 Å². The van der Waals surface area contributed by atoms with Crippen molar-refractivity contribution >= 4 is 27.5 Å². The van der Waals surface area contributed by atoms with Crippen LogP contribution in [0.25, 0.3) is 11.3 Å². The predicted octanol–water partition coefficient (Wildman–Crippen LogP) is 2.18. The molecule has 1 aliphatic rings. The van der Waals surface area contributed by atoms with Crippen LogP contribution >= 0.6 is 11.8 Å². The minimum Gasteiger partial charge on any atom is -0.351 e. The molecule has 6 nitrogen and oxygen atoms in total. The Labute approximate surface area is 158 Å². The Hall–Kier alpha value is -1.80. The van der Waals surface area contributed by atoms with E-state index >= 15 is 0 Å². The molecule has 140 valence electrons. The maximum Gasteiger partial charge on any atom is 0.233 e. The second-order valence-electron chi connectivity index (χ2n) is 6.72. The van der Waals surface area contributed by atoms with Gasteiger partial charge in [-0.3, -0.25) is 4.79 Å². The highest BCUT2D eigenvalue weighted by Gasteiger charge is 2.30. The highest BCUT2D eigenvalue weighted by molar-refractivity contribution is 8.00. The monoisotopic (exact) mass is 393 g/mol. The molecule has 2 atom stereocenters. The lowest BCUT2D eigenvalue weighted by molar-refractivity contribution is -0.120. The number of aromatic nitrogens is 2. The van der Waals surface area contributed by atoms with Gasteiger partial charge in [-0.1, -0.05) is 41.6 Å². The van der Waals surface area contributed by atoms with Crippen LogP contribution in [0.1, 0.15) is 18.9 Å². The molecule has 1 fully saturated rings. The Morgan fingerprint density at radius 3 is 2.65 bits per heavy atom. The number of carbonyl (C=O) groups excluding carboxylic acids is 1. The zero-order chi connectivity index (χ0) is 18.9. The van der Waals surface area contributed by atoms with Gasteiger partial charge in [-0.15, -0.1) is 0 Å². The lowest BCUT2D eigenvalue weighted by Crippen LogP contribution is -2.40. The topological polar surface area (TPSA) is 81.1 Å². The number of rotatable bonds is 5. The normalized spacial score (nSPS) is 20.0. The van der Waals surface area contributed by atoms with E-state index in [0.29, 0.717) is 6.42 Å². The molecule has 1 aromatic heterocycles. The Kier molecular flexibility index (Phi) is 5.43. The molecule has 1 aromatic carbocycles. The number of hydrogen-bond acceptors (Lipinski definition) is 5. The Balaban J connectivity index is 1.65. The molecule has 1 saturated heterocycles. The summed E-state index contributed by atoms with van der Waals surface area (Å²) < 4.78 is 25.0. The first-order valence-electron chi connectivity index (χ1n) is 8.51. The molecule has 3 rings (SSSR count). The molecule has 8 heteroatoms. The average molecular weight is 394 g/mol. The summed E-state index contributed by atoms with van der Waals surface area (Å²) >= 11 is 1.37. The number of carbonyl (C=O) groups is 1. The number of imidazole rings is 1. The van der Waals surface area contributed by atoms with Gasteiger partial charge in [-0.2, -0.15) is 0 Å². The number of nitrogens with zero attached hydrogens (tertiary/aromatic N) is 2. The van der Waals surface area contributed by atoms with Crippen molar-refractivity contribution in [1.29, 1.82) is 0 Å². The maximum atomic E-state index is 12.4. The smallest absolute Gasteiger partial charge is 0.233 e. The molecule has 26 heavy (non-hydrogen) atoms. The molecule has 2 unspecified atom stereocenters. The van der Waals surface area contributed by atoms with Crippen LogP contribution in [0.2, 0.25) is 0 Å². The van der Waals surface area contributed by atoms with Crippen LogP contribution in [0.5, 0.6) is 0 Å². The summed E-state index contributed by atoms with van der Waals surface area (Å²) in [5, 5.41) is 3.24. The van der Waals surface area contributed by atoms with E-state index in [4.69, 9.17) is 0 Å². The number of sulfone groups is 1. The van der Waals surface area contributed by atoms with E-state index in [0.717, 1.165) is 16.4 Å². The third-order valence-electron chi connectivity index (χ3n) is 4.52. The number of hydrogen-bond donors (Lipinski definition) is 1. The second kappa shape index (κ2) is 7.44. The lowest BCUT2D eigenvalue weighted by Gasteiger charge is -2.15. The third-order valence-corrected chi connectivity index (χ3v) is 7.45. The van der Waals surface area contributed by atoms with Gasteiger partial charge in [-0.25, -0.2) is 13.4 Å². The maximum absolute atomic E-state index is 12.4. The van der Waals surface area contributed by atoms with Crippen molar-refractivity contribution in [2.24, 2.45) is 7.05 Å². The van der Waals surface area contributed by atoms with Crippen molar-refractivity contribution < 1.29 is 13.2 Å². The molecule has 1 aliphatic heterocycles. The Bertz CT molecular complexity index is 904. The van der Waals surface area contributed by atoms with Gasteiger partial charge in [-0.05, 0) is 25.8 Å². The van der Waals surface area contributed by atoms with Crippen LogP contribution in [-0.2, 0) is 21.7 Å². The number of thioether (sulfide) groups is 1. The van der Waals surface area contributed by atoms with Crippen LogP contribution in [0.3, 0.4) is 0 Å². The summed E-state index contributed by atoms with van der Waals surface area (Å²) in [5.74, 6) is 0.0338. The minimum absolute atomic E-state index is 0.0378. The molecule has 2 aromatic rings. The zero-order valence-corrected chi connectivity index (χ0v) is 16.7. The van der Waals surface area contributed by atoms with E-state index in [9.17, 15) is 13.2 Å². The summed E-state index contributed by atoms with van der Waals surface area (Å²) in [6, 6.07) is 7.94. The van der Waals surface area contributed by atoms with E-state index < -0.39 is 9.84 Å². The van der Waals surface area contributed by atoms with E-state index in [1.165, 1.54) is 17.3 Å². The summed E-state index contributed by atoms with van der Waals surface area (Å²) in [6.45, 7) is 3.86. The van der Waals surface area contributed by atoms with Gasteiger partial charge in [0.05, 0.1) is 28.6 Å². The highest BCUT2D eigenvalue weighted by Crippen LogP contribution is 2.28. The molecular formula is C18H23N3O3S2. The molecule has 1 N–H and O–H groups in total. The van der Waals surface area contributed by atoms with E-state index in [1.54, 1.807) is 6.20 Å². The number of amides is 1. The van der Waals surface area contributed by atoms with Crippen molar-refractivity contribution in [3.05, 3.63) is 36.0 Å². The number of benzene rings is 1. The van der Waals surface area contributed by atoms with Gasteiger partial charge < -0.3 is 9.88 Å². The predicted molar refractivity (Wildman–Crippen MR) is 104 cm³/mol. The summed E-state index contributed by atoms with van der Waals surface area (Å²) in [4.78, 5) is 16.8. The number of nitrogens with one attached hydrogen (secondary N) is 1. The largest absolute Gasteiger partial charge is 0.351 e. The van der Waals surface area contributed by atoms with E-state index in [1.807, 2.05) is 25.5 Å². The summed E-state index contributed by atoms with van der Waals surface area (Å²) in [7, 11) is -1.07. The van der Waals surface area contributed by atoms with Gasteiger partial charge in [0.1, 0.15) is 0 Å². The Morgan fingerprint density at radius 2 is 2.04 bits per heavy atom. The first-order valence-corrected chi connectivity index (χ1v) is 11.2. The molecule has 2 heterocycles. The average Bonchev–Trinajstić information content (AvgIpc) is 3.11. The molecule has 1 amide bonds. The van der Waals surface area contributed by atoms with E-state index in [-0.39, 0.29) is 28.7 Å². The molecule has 0 aliphatic carbocycles. The SMILES string of the molecule is Cc1ccc(-c2cnc(SC(C)C(=O)NC3CCS(=O)(=O)C3)n2C)cc1. The van der Waals surface area contributed by atoms with Gasteiger partial charge in [0.2, 0.25) is 5.91 Å². The van der Waals surface area contributed by atoms with Crippen molar-refractivity contribution in [1.82, 2.24) is 14.9 Å². The van der Waals surface area contributed by atoms with Crippen LogP contribution in [0.4, 0.5) is 0 Å². The van der Waals surface area contributed by atoms with Gasteiger partial charge in [0.15, 0.2) is 15.0 Å². The van der Waals surface area contributed by atoms with Crippen molar-refractivity contribution in [2.75, 3.05) is 11.5 Å². The highest BCUT2D eigenvalue weighted by atomic mass is 32.2. The van der Waals surface area contributed by atoms with E-state index in [2.05, 4.69) is 34.6 Å². The van der Waals surface area contributed by atoms with Crippen molar-refractivity contribution in [2.45, 2.75) is 36.7 Å². The summed E-state index contributed by atoms with van der Waals surface area (Å²) in [5.41, 5.74) is 3.26. The molecule has 0 spiro atoms. The van der Waals surface area contributed by atoms with Crippen LogP contribution < -0.4 is 5.32 Å². The van der Waals surface area contributed by atoms with Crippen LogP contribution in [-0.4, -0.2) is 46.7 Å². The first-order chi connectivity index (χ1) is 12.2. The summed E-state index contributed by atoms with van der Waals surface area (Å²) in [6.07, 6.45) is 2.30. The van der Waals surface area contributed by atoms with Gasteiger partial charge in [0, 0.05) is 13.1 Å². The number of aryl methyl sites for hydroxylation is 1. The van der Waals surface area contributed by atoms with Crippen LogP contribution in [0, 0.1) is 6.92 Å². The first kappa shape index (κ1) is 19.0. The fraction of sp³-hybridized carbons (Fsp3) is 0.444. The fourth-order valence-electron chi connectivity index (χ4n) is 2.93. The molecular weight excluding hydrogens is 370 g/mol. The lowest BCUT2D eigenvalue weighted by atomic mass is 10.1. The van der Waals surface area contributed by atoms with Gasteiger partial charge in [0.25, 0.3) is 0 Å². The molecule has 0 bridgehead atoms. The minimum atomic E-state index is -3.00. The zero-order valence-electron chi connectivity index (χ0n) is 15.1. The van der Waals surface area contributed by atoms with Crippen LogP contribution in [0.15, 0.2) is 35.6 Å². The third kappa shape index (κ3) is 4.29. The van der Waals surface area contributed by atoms with Crippen molar-refractivity contribution in [3.8, 4) is 11.3 Å².